The van der Waals surface area contributed by atoms with Gasteiger partial charge in [0.1, 0.15) is 4.99 Å². The zero-order valence-corrected chi connectivity index (χ0v) is 12.3. The number of aryl methyl sites for hydroxylation is 1. The number of amides is 1. The molecule has 6 heteroatoms. The van der Waals surface area contributed by atoms with E-state index in [1.807, 2.05) is 6.92 Å². The van der Waals surface area contributed by atoms with Gasteiger partial charge in [0.2, 0.25) is 0 Å². The Kier molecular flexibility index (Phi) is 4.32. The molecule has 102 valence electrons. The lowest BCUT2D eigenvalue weighted by atomic mass is 10.1. The molecule has 0 atom stereocenters. The SMILES string of the molecule is Cc1ccc(C(=O)Nc2cc(Cl)ccc2C(N)=S)cn1. The van der Waals surface area contributed by atoms with E-state index >= 15 is 0 Å². The summed E-state index contributed by atoms with van der Waals surface area (Å²) < 4.78 is 0. The third-order valence-electron chi connectivity index (χ3n) is 2.67. The number of rotatable bonds is 3. The van der Waals surface area contributed by atoms with Gasteiger partial charge in [-0.25, -0.2) is 0 Å². The molecule has 3 N–H and O–H groups in total. The van der Waals surface area contributed by atoms with Gasteiger partial charge in [-0.1, -0.05) is 23.8 Å². The molecule has 0 aliphatic rings. The number of benzene rings is 1. The fourth-order valence-corrected chi connectivity index (χ4v) is 1.98. The Morgan fingerprint density at radius 3 is 2.70 bits per heavy atom. The van der Waals surface area contributed by atoms with Crippen LogP contribution < -0.4 is 11.1 Å². The third-order valence-corrected chi connectivity index (χ3v) is 3.12. The maximum Gasteiger partial charge on any atom is 0.257 e. The van der Waals surface area contributed by atoms with Gasteiger partial charge in [-0.2, -0.15) is 0 Å². The number of aromatic nitrogens is 1. The molecular formula is C14H12ClN3OS. The lowest BCUT2D eigenvalue weighted by Crippen LogP contribution is -2.17. The Morgan fingerprint density at radius 2 is 2.10 bits per heavy atom. The van der Waals surface area contributed by atoms with Crippen LogP contribution >= 0.6 is 23.8 Å². The number of carbonyl (C=O) groups is 1. The van der Waals surface area contributed by atoms with Crippen LogP contribution in [-0.2, 0) is 0 Å². The van der Waals surface area contributed by atoms with Gasteiger partial charge in [0.25, 0.3) is 5.91 Å². The van der Waals surface area contributed by atoms with E-state index in [2.05, 4.69) is 10.3 Å². The van der Waals surface area contributed by atoms with Crippen molar-refractivity contribution >= 4 is 40.4 Å². The lowest BCUT2D eigenvalue weighted by Gasteiger charge is -2.10. The van der Waals surface area contributed by atoms with Gasteiger partial charge in [0.05, 0.1) is 11.3 Å². The van der Waals surface area contributed by atoms with Crippen LogP contribution in [0.25, 0.3) is 0 Å². The Labute approximate surface area is 127 Å². The van der Waals surface area contributed by atoms with E-state index < -0.39 is 0 Å². The zero-order chi connectivity index (χ0) is 14.7. The molecule has 0 saturated carbocycles. The third kappa shape index (κ3) is 3.31. The van der Waals surface area contributed by atoms with Gasteiger partial charge < -0.3 is 11.1 Å². The van der Waals surface area contributed by atoms with Crippen LogP contribution in [0, 0.1) is 6.92 Å². The van der Waals surface area contributed by atoms with Crippen molar-refractivity contribution in [3.63, 3.8) is 0 Å². The van der Waals surface area contributed by atoms with Crippen LogP contribution in [0.4, 0.5) is 5.69 Å². The van der Waals surface area contributed by atoms with E-state index in [9.17, 15) is 4.79 Å². The first-order valence-electron chi connectivity index (χ1n) is 5.81. The molecule has 0 bridgehead atoms. The second-order valence-corrected chi connectivity index (χ2v) is 5.07. The molecular weight excluding hydrogens is 294 g/mol. The van der Waals surface area contributed by atoms with Crippen molar-refractivity contribution in [2.45, 2.75) is 6.92 Å². The van der Waals surface area contributed by atoms with Crippen LogP contribution in [0.3, 0.4) is 0 Å². The largest absolute Gasteiger partial charge is 0.389 e. The summed E-state index contributed by atoms with van der Waals surface area (Å²) in [5.74, 6) is -0.294. The van der Waals surface area contributed by atoms with E-state index in [0.717, 1.165) is 5.69 Å². The molecule has 4 nitrogen and oxygen atoms in total. The summed E-state index contributed by atoms with van der Waals surface area (Å²) >= 11 is 10.9. The highest BCUT2D eigenvalue weighted by molar-refractivity contribution is 7.80. The number of carbonyl (C=O) groups excluding carboxylic acids is 1. The molecule has 0 aliphatic heterocycles. The molecule has 0 unspecified atom stereocenters. The predicted octanol–water partition coefficient (Wildman–Crippen LogP) is 2.93. The normalized spacial score (nSPS) is 10.1. The van der Waals surface area contributed by atoms with Gasteiger partial charge in [0.15, 0.2) is 0 Å². The van der Waals surface area contributed by atoms with Gasteiger partial charge >= 0.3 is 0 Å². The number of nitrogens with one attached hydrogen (secondary N) is 1. The van der Waals surface area contributed by atoms with Crippen LogP contribution in [0.2, 0.25) is 5.02 Å². The highest BCUT2D eigenvalue weighted by atomic mass is 35.5. The van der Waals surface area contributed by atoms with E-state index in [4.69, 9.17) is 29.6 Å². The molecule has 0 fully saturated rings. The Hall–Kier alpha value is -1.98. The van der Waals surface area contributed by atoms with Gasteiger partial charge in [0, 0.05) is 22.5 Å². The second kappa shape index (κ2) is 5.98. The highest BCUT2D eigenvalue weighted by Crippen LogP contribution is 2.21. The predicted molar refractivity (Wildman–Crippen MR) is 84.3 cm³/mol. The minimum atomic E-state index is -0.294. The van der Waals surface area contributed by atoms with Crippen molar-refractivity contribution in [2.24, 2.45) is 5.73 Å². The first-order valence-corrected chi connectivity index (χ1v) is 6.59. The quantitative estimate of drug-likeness (QED) is 0.856. The lowest BCUT2D eigenvalue weighted by molar-refractivity contribution is 0.102. The number of anilines is 1. The van der Waals surface area contributed by atoms with Gasteiger partial charge in [-0.15, -0.1) is 0 Å². The fourth-order valence-electron chi connectivity index (χ4n) is 1.63. The van der Waals surface area contributed by atoms with Crippen molar-refractivity contribution in [3.05, 3.63) is 58.4 Å². The average Bonchev–Trinajstić information content (AvgIpc) is 2.39. The monoisotopic (exact) mass is 305 g/mol. The van der Waals surface area contributed by atoms with E-state index in [1.165, 1.54) is 6.20 Å². The Morgan fingerprint density at radius 1 is 1.35 bits per heavy atom. The summed E-state index contributed by atoms with van der Waals surface area (Å²) in [6, 6.07) is 8.41. The number of halogens is 1. The van der Waals surface area contributed by atoms with E-state index in [1.54, 1.807) is 30.3 Å². The summed E-state index contributed by atoms with van der Waals surface area (Å²) in [5, 5.41) is 3.23. The summed E-state index contributed by atoms with van der Waals surface area (Å²) in [5.41, 5.74) is 7.96. The molecule has 2 rings (SSSR count). The van der Waals surface area contributed by atoms with Crippen molar-refractivity contribution in [2.75, 3.05) is 5.32 Å². The topological polar surface area (TPSA) is 68.0 Å². The van der Waals surface area contributed by atoms with Crippen molar-refractivity contribution in [1.82, 2.24) is 4.98 Å². The first-order chi connectivity index (χ1) is 9.47. The van der Waals surface area contributed by atoms with E-state index in [-0.39, 0.29) is 10.9 Å². The molecule has 0 spiro atoms. The van der Waals surface area contributed by atoms with Crippen molar-refractivity contribution < 1.29 is 4.79 Å². The number of hydrogen-bond donors (Lipinski definition) is 2. The molecule has 1 aromatic heterocycles. The standard InChI is InChI=1S/C14H12ClN3OS/c1-8-2-3-9(7-17-8)14(19)18-12-6-10(15)4-5-11(12)13(16)20/h2-7H,1H3,(H2,16,20)(H,18,19). The van der Waals surface area contributed by atoms with Crippen LogP contribution in [0.15, 0.2) is 36.5 Å². The highest BCUT2D eigenvalue weighted by Gasteiger charge is 2.11. The molecule has 0 aliphatic carbocycles. The Bertz CT molecular complexity index is 671. The zero-order valence-electron chi connectivity index (χ0n) is 10.7. The summed E-state index contributed by atoms with van der Waals surface area (Å²) in [4.78, 5) is 16.4. The molecule has 1 heterocycles. The van der Waals surface area contributed by atoms with E-state index in [0.29, 0.717) is 21.8 Å². The summed E-state index contributed by atoms with van der Waals surface area (Å²) in [6.45, 7) is 1.85. The fraction of sp³-hybridized carbons (Fsp3) is 0.0714. The molecule has 0 saturated heterocycles. The number of nitrogens with zero attached hydrogens (tertiary/aromatic N) is 1. The van der Waals surface area contributed by atoms with Crippen LogP contribution in [-0.4, -0.2) is 15.9 Å². The number of thiocarbonyl (C=S) groups is 1. The number of nitrogens with two attached hydrogens (primary N) is 1. The smallest absolute Gasteiger partial charge is 0.257 e. The maximum atomic E-state index is 12.1. The summed E-state index contributed by atoms with van der Waals surface area (Å²) in [6.07, 6.45) is 1.51. The minimum absolute atomic E-state index is 0.194. The second-order valence-electron chi connectivity index (χ2n) is 4.20. The average molecular weight is 306 g/mol. The summed E-state index contributed by atoms with van der Waals surface area (Å²) in [7, 11) is 0. The molecule has 2 aromatic rings. The molecule has 1 amide bonds. The van der Waals surface area contributed by atoms with Crippen LogP contribution in [0.1, 0.15) is 21.6 Å². The number of pyridine rings is 1. The first kappa shape index (κ1) is 14.4. The Balaban J connectivity index is 2.29. The minimum Gasteiger partial charge on any atom is -0.389 e. The molecule has 0 radical (unpaired) electrons. The number of hydrogen-bond acceptors (Lipinski definition) is 3. The van der Waals surface area contributed by atoms with Crippen molar-refractivity contribution in [3.8, 4) is 0 Å². The molecule has 1 aromatic carbocycles. The van der Waals surface area contributed by atoms with Gasteiger partial charge in [-0.3, -0.25) is 9.78 Å². The maximum absolute atomic E-state index is 12.1. The van der Waals surface area contributed by atoms with Crippen molar-refractivity contribution in [1.29, 1.82) is 0 Å². The molecule has 20 heavy (non-hydrogen) atoms. The van der Waals surface area contributed by atoms with Crippen LogP contribution in [0.5, 0.6) is 0 Å². The van der Waals surface area contributed by atoms with Gasteiger partial charge in [-0.05, 0) is 37.3 Å².